The predicted molar refractivity (Wildman–Crippen MR) is 60.7 cm³/mol. The first-order chi connectivity index (χ1) is 6.88. The van der Waals surface area contributed by atoms with Gasteiger partial charge in [-0.1, -0.05) is 36.8 Å². The molecule has 0 radical (unpaired) electrons. The van der Waals surface area contributed by atoms with Crippen molar-refractivity contribution in [2.75, 3.05) is 6.54 Å². The van der Waals surface area contributed by atoms with Gasteiger partial charge in [0.15, 0.2) is 0 Å². The summed E-state index contributed by atoms with van der Waals surface area (Å²) in [5, 5.41) is 4.85. The van der Waals surface area contributed by atoms with Crippen molar-refractivity contribution in [3.8, 4) is 0 Å². The standard InChI is InChI=1S/C10H16N2O2S/c1-8-4-3-5-10(6-8)9(2)7-12-15(11,13)14/h3-6,9,12H,7H2,1-2H3,(H2,11,13,14). The van der Waals surface area contributed by atoms with Crippen LogP contribution in [0, 0.1) is 6.92 Å². The molecule has 1 aromatic carbocycles. The third-order valence-corrected chi connectivity index (χ3v) is 2.77. The van der Waals surface area contributed by atoms with Crippen LogP contribution >= 0.6 is 0 Å². The summed E-state index contributed by atoms with van der Waals surface area (Å²) >= 11 is 0. The van der Waals surface area contributed by atoms with Crippen LogP contribution in [0.5, 0.6) is 0 Å². The highest BCUT2D eigenvalue weighted by Gasteiger charge is 2.08. The van der Waals surface area contributed by atoms with E-state index in [1.807, 2.05) is 38.1 Å². The minimum Gasteiger partial charge on any atom is -0.216 e. The van der Waals surface area contributed by atoms with Crippen LogP contribution in [0.2, 0.25) is 0 Å². The molecular weight excluding hydrogens is 212 g/mol. The van der Waals surface area contributed by atoms with E-state index < -0.39 is 10.2 Å². The molecule has 1 rings (SSSR count). The molecule has 0 fully saturated rings. The lowest BCUT2D eigenvalue weighted by molar-refractivity contribution is 0.576. The summed E-state index contributed by atoms with van der Waals surface area (Å²) in [6.45, 7) is 4.28. The van der Waals surface area contributed by atoms with E-state index in [1.165, 1.54) is 0 Å². The van der Waals surface area contributed by atoms with E-state index in [0.717, 1.165) is 11.1 Å². The highest BCUT2D eigenvalue weighted by atomic mass is 32.2. The number of nitrogens with two attached hydrogens (primary N) is 1. The van der Waals surface area contributed by atoms with Gasteiger partial charge in [0.1, 0.15) is 0 Å². The van der Waals surface area contributed by atoms with E-state index in [-0.39, 0.29) is 5.92 Å². The Morgan fingerprint density at radius 2 is 2.13 bits per heavy atom. The van der Waals surface area contributed by atoms with Crippen molar-refractivity contribution >= 4 is 10.2 Å². The Balaban J connectivity index is 2.65. The molecule has 0 heterocycles. The Bertz CT molecular complexity index is 429. The van der Waals surface area contributed by atoms with Crippen LogP contribution in [-0.2, 0) is 10.2 Å². The molecule has 0 saturated carbocycles. The third kappa shape index (κ3) is 4.42. The van der Waals surface area contributed by atoms with E-state index in [2.05, 4.69) is 4.72 Å². The summed E-state index contributed by atoms with van der Waals surface area (Å²) in [6, 6.07) is 7.97. The number of hydrogen-bond acceptors (Lipinski definition) is 2. The molecule has 0 amide bonds. The lowest BCUT2D eigenvalue weighted by atomic mass is 10.00. The van der Waals surface area contributed by atoms with Crippen molar-refractivity contribution in [2.45, 2.75) is 19.8 Å². The first-order valence-electron chi connectivity index (χ1n) is 4.72. The minimum absolute atomic E-state index is 0.114. The highest BCUT2D eigenvalue weighted by Crippen LogP contribution is 2.15. The number of hydrogen-bond donors (Lipinski definition) is 2. The molecule has 0 spiro atoms. The molecule has 0 aliphatic carbocycles. The molecule has 0 aliphatic rings. The third-order valence-electron chi connectivity index (χ3n) is 2.20. The molecule has 0 bridgehead atoms. The van der Waals surface area contributed by atoms with E-state index in [9.17, 15) is 8.42 Å². The summed E-state index contributed by atoms with van der Waals surface area (Å²) in [4.78, 5) is 0. The summed E-state index contributed by atoms with van der Waals surface area (Å²) in [5.41, 5.74) is 2.26. The SMILES string of the molecule is Cc1cccc(C(C)CNS(N)(=O)=O)c1. The topological polar surface area (TPSA) is 72.2 Å². The molecule has 0 aliphatic heterocycles. The zero-order chi connectivity index (χ0) is 11.5. The van der Waals surface area contributed by atoms with Gasteiger partial charge in [0.2, 0.25) is 0 Å². The van der Waals surface area contributed by atoms with E-state index in [0.29, 0.717) is 6.54 Å². The molecule has 1 atom stereocenters. The Morgan fingerprint density at radius 1 is 1.47 bits per heavy atom. The molecule has 84 valence electrons. The molecule has 1 aromatic rings. The Kier molecular flexibility index (Phi) is 3.84. The van der Waals surface area contributed by atoms with Crippen LogP contribution in [0.15, 0.2) is 24.3 Å². The predicted octanol–water partition coefficient (Wildman–Crippen LogP) is 0.892. The summed E-state index contributed by atoms with van der Waals surface area (Å²) < 4.78 is 23.7. The van der Waals surface area contributed by atoms with Gasteiger partial charge in [0.05, 0.1) is 0 Å². The first-order valence-corrected chi connectivity index (χ1v) is 6.27. The van der Waals surface area contributed by atoms with Crippen molar-refractivity contribution in [3.63, 3.8) is 0 Å². The van der Waals surface area contributed by atoms with Gasteiger partial charge in [-0.25, -0.2) is 9.86 Å². The molecule has 0 aromatic heterocycles. The first kappa shape index (κ1) is 12.2. The Hall–Kier alpha value is -0.910. The Labute approximate surface area is 90.7 Å². The number of benzene rings is 1. The molecule has 3 N–H and O–H groups in total. The summed E-state index contributed by atoms with van der Waals surface area (Å²) in [7, 11) is -3.59. The second-order valence-corrected chi connectivity index (χ2v) is 5.09. The van der Waals surface area contributed by atoms with Crippen molar-refractivity contribution in [3.05, 3.63) is 35.4 Å². The summed E-state index contributed by atoms with van der Waals surface area (Å²) in [5.74, 6) is 0.114. The maximum Gasteiger partial charge on any atom is 0.274 e. The fraction of sp³-hybridized carbons (Fsp3) is 0.400. The van der Waals surface area contributed by atoms with Crippen molar-refractivity contribution in [2.24, 2.45) is 5.14 Å². The average Bonchev–Trinajstić information content (AvgIpc) is 2.13. The largest absolute Gasteiger partial charge is 0.274 e. The van der Waals surface area contributed by atoms with Gasteiger partial charge >= 0.3 is 0 Å². The number of nitrogens with one attached hydrogen (secondary N) is 1. The zero-order valence-electron chi connectivity index (χ0n) is 8.90. The van der Waals surface area contributed by atoms with Gasteiger partial charge in [-0.15, -0.1) is 0 Å². The normalized spacial score (nSPS) is 13.8. The van der Waals surface area contributed by atoms with Crippen molar-refractivity contribution < 1.29 is 8.42 Å². The van der Waals surface area contributed by atoms with Crippen LogP contribution in [0.4, 0.5) is 0 Å². The van der Waals surface area contributed by atoms with E-state index >= 15 is 0 Å². The van der Waals surface area contributed by atoms with Gasteiger partial charge in [-0.2, -0.15) is 8.42 Å². The molecule has 5 heteroatoms. The zero-order valence-corrected chi connectivity index (χ0v) is 9.71. The Morgan fingerprint density at radius 3 is 2.67 bits per heavy atom. The highest BCUT2D eigenvalue weighted by molar-refractivity contribution is 7.87. The van der Waals surface area contributed by atoms with Crippen LogP contribution in [0.25, 0.3) is 0 Å². The van der Waals surface area contributed by atoms with E-state index in [1.54, 1.807) is 0 Å². The lowest BCUT2D eigenvalue weighted by Crippen LogP contribution is -2.33. The average molecular weight is 228 g/mol. The fourth-order valence-electron chi connectivity index (χ4n) is 1.34. The molecule has 4 nitrogen and oxygen atoms in total. The van der Waals surface area contributed by atoms with Gasteiger partial charge in [0, 0.05) is 6.54 Å². The van der Waals surface area contributed by atoms with Crippen LogP contribution < -0.4 is 9.86 Å². The van der Waals surface area contributed by atoms with Crippen LogP contribution in [0.3, 0.4) is 0 Å². The van der Waals surface area contributed by atoms with Crippen molar-refractivity contribution in [1.82, 2.24) is 4.72 Å². The maximum atomic E-state index is 10.7. The maximum absolute atomic E-state index is 10.7. The van der Waals surface area contributed by atoms with Gasteiger partial charge in [-0.3, -0.25) is 0 Å². The second kappa shape index (κ2) is 4.74. The van der Waals surface area contributed by atoms with Gasteiger partial charge in [0.25, 0.3) is 10.2 Å². The minimum atomic E-state index is -3.59. The molecule has 0 saturated heterocycles. The monoisotopic (exact) mass is 228 g/mol. The van der Waals surface area contributed by atoms with Crippen LogP contribution in [-0.4, -0.2) is 15.0 Å². The smallest absolute Gasteiger partial charge is 0.216 e. The van der Waals surface area contributed by atoms with Gasteiger partial charge in [-0.05, 0) is 18.4 Å². The molecule has 1 unspecified atom stereocenters. The quantitative estimate of drug-likeness (QED) is 0.803. The van der Waals surface area contributed by atoms with Gasteiger partial charge < -0.3 is 0 Å². The van der Waals surface area contributed by atoms with Crippen LogP contribution in [0.1, 0.15) is 24.0 Å². The lowest BCUT2D eigenvalue weighted by Gasteiger charge is -2.12. The molecular formula is C10H16N2O2S. The fourth-order valence-corrected chi connectivity index (χ4v) is 1.82. The van der Waals surface area contributed by atoms with Crippen molar-refractivity contribution in [1.29, 1.82) is 0 Å². The summed E-state index contributed by atoms with van der Waals surface area (Å²) in [6.07, 6.45) is 0. The number of rotatable bonds is 4. The molecule has 15 heavy (non-hydrogen) atoms. The number of aryl methyl sites for hydroxylation is 1. The van der Waals surface area contributed by atoms with E-state index in [4.69, 9.17) is 5.14 Å². The second-order valence-electron chi connectivity index (χ2n) is 3.71.